The minimum Gasteiger partial charge on any atom is -0.396 e. The van der Waals surface area contributed by atoms with Gasteiger partial charge in [0.25, 0.3) is 0 Å². The molecule has 1 aromatic heterocycles. The van der Waals surface area contributed by atoms with E-state index in [9.17, 15) is 4.39 Å². The van der Waals surface area contributed by atoms with Crippen LogP contribution in [0, 0.1) is 5.82 Å². The molecule has 1 heterocycles. The molecule has 0 fully saturated rings. The number of hydrogen-bond donors (Lipinski definition) is 1. The Balaban J connectivity index is 2.45. The van der Waals surface area contributed by atoms with Gasteiger partial charge in [0.2, 0.25) is 0 Å². The SMILES string of the molecule is Cn1cc(-c2cc(Cl)ccc2F)nc1CCO. The molecule has 2 aromatic rings. The second-order valence-corrected chi connectivity index (χ2v) is 4.19. The normalized spacial score (nSPS) is 10.8. The molecule has 1 N–H and O–H groups in total. The zero-order valence-electron chi connectivity index (χ0n) is 9.32. The topological polar surface area (TPSA) is 38.0 Å². The molecule has 0 spiro atoms. The molecule has 0 unspecified atom stereocenters. The highest BCUT2D eigenvalue weighted by atomic mass is 35.5. The van der Waals surface area contributed by atoms with Gasteiger partial charge in [-0.05, 0) is 18.2 Å². The molecule has 0 aliphatic heterocycles. The van der Waals surface area contributed by atoms with E-state index in [-0.39, 0.29) is 12.4 Å². The van der Waals surface area contributed by atoms with Crippen molar-refractivity contribution in [2.45, 2.75) is 6.42 Å². The van der Waals surface area contributed by atoms with E-state index in [4.69, 9.17) is 16.7 Å². The van der Waals surface area contributed by atoms with Gasteiger partial charge in [-0.3, -0.25) is 0 Å². The fourth-order valence-electron chi connectivity index (χ4n) is 1.66. The van der Waals surface area contributed by atoms with Gasteiger partial charge in [0, 0.05) is 30.3 Å². The van der Waals surface area contributed by atoms with Gasteiger partial charge in [-0.25, -0.2) is 9.37 Å². The third-order valence-electron chi connectivity index (χ3n) is 2.51. The zero-order chi connectivity index (χ0) is 12.4. The number of rotatable bonds is 3. The summed E-state index contributed by atoms with van der Waals surface area (Å²) >= 11 is 5.83. The monoisotopic (exact) mass is 254 g/mol. The fourth-order valence-corrected chi connectivity index (χ4v) is 1.83. The number of hydrogen-bond acceptors (Lipinski definition) is 2. The van der Waals surface area contributed by atoms with Crippen molar-refractivity contribution in [1.82, 2.24) is 9.55 Å². The van der Waals surface area contributed by atoms with Crippen molar-refractivity contribution in [3.63, 3.8) is 0 Å². The molecule has 3 nitrogen and oxygen atoms in total. The Hall–Kier alpha value is -1.39. The van der Waals surface area contributed by atoms with Gasteiger partial charge in [0.1, 0.15) is 11.6 Å². The number of halogens is 2. The molecule has 0 bridgehead atoms. The summed E-state index contributed by atoms with van der Waals surface area (Å²) in [7, 11) is 1.81. The number of aliphatic hydroxyl groups is 1. The smallest absolute Gasteiger partial charge is 0.132 e. The first-order chi connectivity index (χ1) is 8.11. The van der Waals surface area contributed by atoms with E-state index in [0.29, 0.717) is 28.5 Å². The third kappa shape index (κ3) is 2.48. The standard InChI is InChI=1S/C12H12ClFN2O/c1-16-7-11(15-12(16)4-5-17)9-6-8(13)2-3-10(9)14/h2-3,6-7,17H,4-5H2,1H3. The minimum absolute atomic E-state index is 0.0162. The first-order valence-corrected chi connectivity index (χ1v) is 5.58. The summed E-state index contributed by atoms with van der Waals surface area (Å²) < 4.78 is 15.4. The Morgan fingerprint density at radius 1 is 1.47 bits per heavy atom. The van der Waals surface area contributed by atoms with Crippen LogP contribution in [0.5, 0.6) is 0 Å². The van der Waals surface area contributed by atoms with Gasteiger partial charge < -0.3 is 9.67 Å². The summed E-state index contributed by atoms with van der Waals surface area (Å²) in [5.41, 5.74) is 0.897. The largest absolute Gasteiger partial charge is 0.396 e. The number of nitrogens with zero attached hydrogens (tertiary/aromatic N) is 2. The van der Waals surface area contributed by atoms with E-state index in [1.54, 1.807) is 16.8 Å². The van der Waals surface area contributed by atoms with E-state index in [1.165, 1.54) is 12.1 Å². The molecular weight excluding hydrogens is 243 g/mol. The maximum atomic E-state index is 13.6. The van der Waals surface area contributed by atoms with Crippen LogP contribution in [0.2, 0.25) is 5.02 Å². The molecule has 0 saturated carbocycles. The number of benzene rings is 1. The van der Waals surface area contributed by atoms with Gasteiger partial charge in [0.15, 0.2) is 0 Å². The minimum atomic E-state index is -0.358. The van der Waals surface area contributed by atoms with Crippen LogP contribution >= 0.6 is 11.6 Å². The maximum absolute atomic E-state index is 13.6. The molecule has 0 radical (unpaired) electrons. The molecule has 1 aromatic carbocycles. The fraction of sp³-hybridized carbons (Fsp3) is 0.250. The van der Waals surface area contributed by atoms with Crippen LogP contribution in [0.3, 0.4) is 0 Å². The summed E-state index contributed by atoms with van der Waals surface area (Å²) in [6, 6.07) is 4.36. The van der Waals surface area contributed by atoms with E-state index in [0.717, 1.165) is 0 Å². The molecule has 0 aliphatic rings. The second-order valence-electron chi connectivity index (χ2n) is 3.75. The summed E-state index contributed by atoms with van der Waals surface area (Å²) in [5.74, 6) is 0.352. The first kappa shape index (κ1) is 12.1. The predicted molar refractivity (Wildman–Crippen MR) is 64.4 cm³/mol. The highest BCUT2D eigenvalue weighted by Gasteiger charge is 2.11. The number of aliphatic hydroxyl groups excluding tert-OH is 1. The van der Waals surface area contributed by atoms with E-state index in [1.807, 2.05) is 7.05 Å². The van der Waals surface area contributed by atoms with Crippen molar-refractivity contribution < 1.29 is 9.50 Å². The molecule has 0 aliphatic carbocycles. The van der Waals surface area contributed by atoms with Crippen molar-refractivity contribution in [3.05, 3.63) is 41.1 Å². The van der Waals surface area contributed by atoms with E-state index < -0.39 is 0 Å². The van der Waals surface area contributed by atoms with Crippen molar-refractivity contribution in [2.24, 2.45) is 7.05 Å². The number of aromatic nitrogens is 2. The maximum Gasteiger partial charge on any atom is 0.132 e. The van der Waals surface area contributed by atoms with Crippen LogP contribution in [0.15, 0.2) is 24.4 Å². The summed E-state index contributed by atoms with van der Waals surface area (Å²) in [6.07, 6.45) is 2.17. The Labute approximate surface area is 103 Å². The Bertz CT molecular complexity index is 539. The van der Waals surface area contributed by atoms with Crippen molar-refractivity contribution in [1.29, 1.82) is 0 Å². The van der Waals surface area contributed by atoms with Crippen LogP contribution in [0.25, 0.3) is 11.3 Å². The van der Waals surface area contributed by atoms with E-state index in [2.05, 4.69) is 4.98 Å². The Morgan fingerprint density at radius 2 is 2.24 bits per heavy atom. The van der Waals surface area contributed by atoms with Crippen LogP contribution in [0.4, 0.5) is 4.39 Å². The number of aryl methyl sites for hydroxylation is 1. The lowest BCUT2D eigenvalue weighted by molar-refractivity contribution is 0.295. The lowest BCUT2D eigenvalue weighted by Gasteiger charge is -1.99. The van der Waals surface area contributed by atoms with Crippen LogP contribution in [-0.4, -0.2) is 21.3 Å². The van der Waals surface area contributed by atoms with Gasteiger partial charge in [0.05, 0.1) is 12.3 Å². The van der Waals surface area contributed by atoms with Crippen molar-refractivity contribution >= 4 is 11.6 Å². The molecule has 2 rings (SSSR count). The quantitative estimate of drug-likeness (QED) is 0.914. The van der Waals surface area contributed by atoms with Crippen LogP contribution in [0.1, 0.15) is 5.82 Å². The number of imidazole rings is 1. The molecule has 0 amide bonds. The van der Waals surface area contributed by atoms with Gasteiger partial charge >= 0.3 is 0 Å². The highest BCUT2D eigenvalue weighted by molar-refractivity contribution is 6.30. The average molecular weight is 255 g/mol. The van der Waals surface area contributed by atoms with Gasteiger partial charge in [-0.2, -0.15) is 0 Å². The summed E-state index contributed by atoms with van der Waals surface area (Å²) in [4.78, 5) is 4.28. The molecule has 5 heteroatoms. The molecule has 90 valence electrons. The highest BCUT2D eigenvalue weighted by Crippen LogP contribution is 2.25. The zero-order valence-corrected chi connectivity index (χ0v) is 10.1. The predicted octanol–water partition coefficient (Wildman–Crippen LogP) is 2.41. The Morgan fingerprint density at radius 3 is 2.94 bits per heavy atom. The summed E-state index contributed by atoms with van der Waals surface area (Å²) in [6.45, 7) is 0.0162. The molecular formula is C12H12ClFN2O. The lowest BCUT2D eigenvalue weighted by Crippen LogP contribution is -1.99. The van der Waals surface area contributed by atoms with Crippen LogP contribution < -0.4 is 0 Å². The molecule has 17 heavy (non-hydrogen) atoms. The van der Waals surface area contributed by atoms with Crippen molar-refractivity contribution in [2.75, 3.05) is 6.61 Å². The van der Waals surface area contributed by atoms with E-state index >= 15 is 0 Å². The third-order valence-corrected chi connectivity index (χ3v) is 2.75. The van der Waals surface area contributed by atoms with Crippen LogP contribution in [-0.2, 0) is 13.5 Å². The molecule has 0 atom stereocenters. The second kappa shape index (κ2) is 4.85. The first-order valence-electron chi connectivity index (χ1n) is 5.20. The Kier molecular flexibility index (Phi) is 3.45. The lowest BCUT2D eigenvalue weighted by atomic mass is 10.1. The average Bonchev–Trinajstić information content (AvgIpc) is 2.64. The molecule has 0 saturated heterocycles. The van der Waals surface area contributed by atoms with Gasteiger partial charge in [-0.1, -0.05) is 11.6 Å². The summed E-state index contributed by atoms with van der Waals surface area (Å²) in [5, 5.41) is 9.34. The van der Waals surface area contributed by atoms with Gasteiger partial charge in [-0.15, -0.1) is 0 Å². The van der Waals surface area contributed by atoms with Crippen molar-refractivity contribution in [3.8, 4) is 11.3 Å².